The van der Waals surface area contributed by atoms with Gasteiger partial charge in [0.15, 0.2) is 6.61 Å². The molecule has 1 N–H and O–H groups in total. The number of hydrogen-bond donors (Lipinski definition) is 1. The molecule has 33 heavy (non-hydrogen) atoms. The summed E-state index contributed by atoms with van der Waals surface area (Å²) in [5.74, 6) is -0.0539. The number of aryl methyl sites for hydroxylation is 2. The number of benzene rings is 3. The third-order valence-electron chi connectivity index (χ3n) is 5.31. The molecule has 0 spiro atoms. The number of hydrogen-bond acceptors (Lipinski definition) is 4. The minimum atomic E-state index is -3.72. The van der Waals surface area contributed by atoms with Gasteiger partial charge in [-0.3, -0.25) is 9.10 Å². The van der Waals surface area contributed by atoms with Crippen molar-refractivity contribution in [2.75, 3.05) is 22.8 Å². The van der Waals surface area contributed by atoms with Gasteiger partial charge in [-0.2, -0.15) is 0 Å². The number of nitrogens with one attached hydrogen (secondary N) is 1. The molecule has 3 aromatic rings. The van der Waals surface area contributed by atoms with Gasteiger partial charge in [-0.15, -0.1) is 0 Å². The van der Waals surface area contributed by atoms with Crippen LogP contribution in [0.2, 0.25) is 10.0 Å². The van der Waals surface area contributed by atoms with Crippen molar-refractivity contribution in [2.24, 2.45) is 0 Å². The summed E-state index contributed by atoms with van der Waals surface area (Å²) in [6.07, 6.45) is 1.49. The molecule has 1 aliphatic heterocycles. The van der Waals surface area contributed by atoms with Gasteiger partial charge in [0.2, 0.25) is 0 Å². The van der Waals surface area contributed by atoms with Gasteiger partial charge in [0.1, 0.15) is 5.75 Å². The van der Waals surface area contributed by atoms with Crippen LogP contribution in [0.4, 0.5) is 11.4 Å². The molecule has 0 unspecified atom stereocenters. The Hall–Kier alpha value is -2.74. The highest BCUT2D eigenvalue weighted by Crippen LogP contribution is 2.34. The van der Waals surface area contributed by atoms with Crippen LogP contribution in [0.25, 0.3) is 0 Å². The monoisotopic (exact) mass is 504 g/mol. The number of carbonyl (C=O) groups is 1. The zero-order valence-electron chi connectivity index (χ0n) is 17.8. The molecular formula is C24H22Cl2N2O4S. The van der Waals surface area contributed by atoms with Crippen LogP contribution in [0.1, 0.15) is 17.5 Å². The Kier molecular flexibility index (Phi) is 6.83. The Morgan fingerprint density at radius 2 is 1.82 bits per heavy atom. The summed E-state index contributed by atoms with van der Waals surface area (Å²) in [5.41, 5.74) is 2.95. The van der Waals surface area contributed by atoms with E-state index in [2.05, 4.69) is 5.32 Å². The number of halogens is 2. The Balaban J connectivity index is 1.52. The molecule has 0 atom stereocenters. The third-order valence-corrected chi connectivity index (χ3v) is 7.66. The van der Waals surface area contributed by atoms with E-state index in [-0.39, 0.29) is 11.5 Å². The van der Waals surface area contributed by atoms with Crippen molar-refractivity contribution in [3.8, 4) is 5.75 Å². The third kappa shape index (κ3) is 5.27. The number of amides is 1. The van der Waals surface area contributed by atoms with Gasteiger partial charge in [0, 0.05) is 17.3 Å². The second-order valence-electron chi connectivity index (χ2n) is 7.75. The number of sulfonamides is 1. The van der Waals surface area contributed by atoms with E-state index in [1.165, 1.54) is 10.4 Å². The molecule has 3 aromatic carbocycles. The summed E-state index contributed by atoms with van der Waals surface area (Å²) in [5, 5.41) is 3.53. The van der Waals surface area contributed by atoms with Crippen molar-refractivity contribution in [2.45, 2.75) is 24.7 Å². The van der Waals surface area contributed by atoms with Crippen LogP contribution in [-0.4, -0.2) is 27.5 Å². The SMILES string of the molecule is Cc1ccc(S(=O)(=O)N2CCCc3ccc(NC(=O)COc4ccc(Cl)cc4Cl)cc32)cc1. The molecule has 172 valence electrons. The summed E-state index contributed by atoms with van der Waals surface area (Å²) in [7, 11) is -3.72. The maximum Gasteiger partial charge on any atom is 0.264 e. The van der Waals surface area contributed by atoms with Crippen LogP contribution in [0, 0.1) is 6.92 Å². The van der Waals surface area contributed by atoms with Gasteiger partial charge in [0.05, 0.1) is 15.6 Å². The Morgan fingerprint density at radius 1 is 1.06 bits per heavy atom. The van der Waals surface area contributed by atoms with Crippen LogP contribution in [-0.2, 0) is 21.2 Å². The van der Waals surface area contributed by atoms with Crippen LogP contribution in [0.3, 0.4) is 0 Å². The summed E-state index contributed by atoms with van der Waals surface area (Å²) >= 11 is 11.9. The largest absolute Gasteiger partial charge is 0.482 e. The predicted molar refractivity (Wildman–Crippen MR) is 131 cm³/mol. The molecule has 0 fully saturated rings. The van der Waals surface area contributed by atoms with E-state index in [0.717, 1.165) is 24.0 Å². The minimum Gasteiger partial charge on any atom is -0.482 e. The van der Waals surface area contributed by atoms with E-state index in [1.807, 2.05) is 13.0 Å². The predicted octanol–water partition coefficient (Wildman–Crippen LogP) is 5.46. The first-order valence-electron chi connectivity index (χ1n) is 10.3. The molecule has 0 saturated carbocycles. The topological polar surface area (TPSA) is 75.7 Å². The fourth-order valence-electron chi connectivity index (χ4n) is 3.64. The Morgan fingerprint density at radius 3 is 2.55 bits per heavy atom. The van der Waals surface area contributed by atoms with Crippen molar-refractivity contribution in [1.82, 2.24) is 0 Å². The Bertz CT molecular complexity index is 1290. The number of anilines is 2. The molecule has 4 rings (SSSR count). The van der Waals surface area contributed by atoms with Crippen molar-refractivity contribution < 1.29 is 17.9 Å². The van der Waals surface area contributed by atoms with Crippen LogP contribution >= 0.6 is 23.2 Å². The van der Waals surface area contributed by atoms with E-state index < -0.39 is 15.9 Å². The highest BCUT2D eigenvalue weighted by molar-refractivity contribution is 7.92. The van der Waals surface area contributed by atoms with E-state index in [4.69, 9.17) is 27.9 Å². The van der Waals surface area contributed by atoms with Crippen molar-refractivity contribution >= 4 is 50.5 Å². The highest BCUT2D eigenvalue weighted by atomic mass is 35.5. The van der Waals surface area contributed by atoms with Crippen LogP contribution in [0.5, 0.6) is 5.75 Å². The molecule has 1 heterocycles. The molecule has 1 amide bonds. The van der Waals surface area contributed by atoms with Gasteiger partial charge in [0.25, 0.3) is 15.9 Å². The number of ether oxygens (including phenoxy) is 1. The van der Waals surface area contributed by atoms with Crippen LogP contribution < -0.4 is 14.4 Å². The molecule has 0 saturated heterocycles. The molecular weight excluding hydrogens is 483 g/mol. The molecule has 9 heteroatoms. The summed E-state index contributed by atoms with van der Waals surface area (Å²) in [6.45, 7) is 2.02. The summed E-state index contributed by atoms with van der Waals surface area (Å²) < 4.78 is 33.5. The quantitative estimate of drug-likeness (QED) is 0.483. The van der Waals surface area contributed by atoms with E-state index >= 15 is 0 Å². The second kappa shape index (κ2) is 9.63. The lowest BCUT2D eigenvalue weighted by atomic mass is 10.0. The second-order valence-corrected chi connectivity index (χ2v) is 10.5. The highest BCUT2D eigenvalue weighted by Gasteiger charge is 2.29. The zero-order valence-corrected chi connectivity index (χ0v) is 20.2. The minimum absolute atomic E-state index is 0.239. The number of nitrogens with zero attached hydrogens (tertiary/aromatic N) is 1. The first-order chi connectivity index (χ1) is 15.7. The molecule has 0 bridgehead atoms. The lowest BCUT2D eigenvalue weighted by Gasteiger charge is -2.31. The van der Waals surface area contributed by atoms with Gasteiger partial charge < -0.3 is 10.1 Å². The van der Waals surface area contributed by atoms with Crippen LogP contribution in [0.15, 0.2) is 65.6 Å². The summed E-state index contributed by atoms with van der Waals surface area (Å²) in [6, 6.07) is 16.8. The number of rotatable bonds is 6. The van der Waals surface area contributed by atoms with Crippen molar-refractivity contribution in [1.29, 1.82) is 0 Å². The van der Waals surface area contributed by atoms with Gasteiger partial charge >= 0.3 is 0 Å². The standard InChI is InChI=1S/C24H22Cl2N2O4S/c1-16-4-9-20(10-5-16)33(30,31)28-12-2-3-17-6-8-19(14-22(17)28)27-24(29)15-32-23-11-7-18(25)13-21(23)26/h4-11,13-14H,2-3,12,15H2,1H3,(H,27,29). The van der Waals surface area contributed by atoms with Crippen molar-refractivity contribution in [3.63, 3.8) is 0 Å². The zero-order chi connectivity index (χ0) is 23.6. The molecule has 6 nitrogen and oxygen atoms in total. The molecule has 0 radical (unpaired) electrons. The van der Waals surface area contributed by atoms with Gasteiger partial charge in [-0.1, -0.05) is 47.0 Å². The lowest BCUT2D eigenvalue weighted by Crippen LogP contribution is -2.35. The summed E-state index contributed by atoms with van der Waals surface area (Å²) in [4.78, 5) is 12.7. The average molecular weight is 505 g/mol. The number of fused-ring (bicyclic) bond motifs is 1. The average Bonchev–Trinajstić information content (AvgIpc) is 2.78. The molecule has 1 aliphatic rings. The van der Waals surface area contributed by atoms with Gasteiger partial charge in [-0.05, 0) is 67.8 Å². The molecule has 0 aliphatic carbocycles. The molecule has 0 aromatic heterocycles. The van der Waals surface area contributed by atoms with E-state index in [1.54, 1.807) is 48.5 Å². The smallest absolute Gasteiger partial charge is 0.264 e. The van der Waals surface area contributed by atoms with Crippen molar-refractivity contribution in [3.05, 3.63) is 81.8 Å². The lowest BCUT2D eigenvalue weighted by molar-refractivity contribution is -0.118. The Labute approximate surface area is 203 Å². The first-order valence-corrected chi connectivity index (χ1v) is 12.5. The number of carbonyl (C=O) groups excluding carboxylic acids is 1. The van der Waals surface area contributed by atoms with Gasteiger partial charge in [-0.25, -0.2) is 8.42 Å². The maximum absolute atomic E-state index is 13.3. The maximum atomic E-state index is 13.3. The van der Waals surface area contributed by atoms with E-state index in [0.29, 0.717) is 33.7 Å². The fraction of sp³-hybridized carbons (Fsp3) is 0.208. The fourth-order valence-corrected chi connectivity index (χ4v) is 5.63. The first kappa shape index (κ1) is 23.4. The van der Waals surface area contributed by atoms with E-state index in [9.17, 15) is 13.2 Å². The normalized spacial score (nSPS) is 13.4.